The average molecular weight is 363 g/mol. The summed E-state index contributed by atoms with van der Waals surface area (Å²) in [6, 6.07) is 15.9. The van der Waals surface area contributed by atoms with Crippen LogP contribution in [0.4, 0.5) is 0 Å². The summed E-state index contributed by atoms with van der Waals surface area (Å²) in [5.74, 6) is 0.823. The maximum atomic E-state index is 13.3. The molecule has 0 N–H and O–H groups in total. The molecule has 0 amide bonds. The molecule has 1 atom stereocenters. The lowest BCUT2D eigenvalue weighted by molar-refractivity contribution is 0.0837. The summed E-state index contributed by atoms with van der Waals surface area (Å²) in [4.78, 5) is 14.4. The lowest BCUT2D eigenvalue weighted by atomic mass is 9.95. The maximum Gasteiger partial charge on any atom is 0.196 e. The molecule has 1 aliphatic rings. The number of ketones is 1. The summed E-state index contributed by atoms with van der Waals surface area (Å²) >= 11 is 4.76. The van der Waals surface area contributed by atoms with E-state index in [4.69, 9.17) is 4.74 Å². The zero-order valence-corrected chi connectivity index (χ0v) is 15.7. The highest BCUT2D eigenvalue weighted by molar-refractivity contribution is 8.18. The van der Waals surface area contributed by atoms with Gasteiger partial charge in [0.1, 0.15) is 5.75 Å². The topological polar surface area (TPSA) is 26.3 Å². The second-order valence-electron chi connectivity index (χ2n) is 5.18. The highest BCUT2D eigenvalue weighted by atomic mass is 32.2. The molecule has 0 spiro atoms. The molecule has 1 aliphatic heterocycles. The first kappa shape index (κ1) is 16.8. The van der Waals surface area contributed by atoms with Crippen LogP contribution < -0.4 is 4.74 Å². The van der Waals surface area contributed by atoms with Crippen LogP contribution in [0.2, 0.25) is 0 Å². The third kappa shape index (κ3) is 2.79. The number of carbonyl (C=O) groups excluding carboxylic acids is 1. The van der Waals surface area contributed by atoms with Gasteiger partial charge in [0.2, 0.25) is 0 Å². The molecule has 2 aromatic rings. The van der Waals surface area contributed by atoms with Crippen molar-refractivity contribution in [2.75, 3.05) is 18.8 Å². The quantitative estimate of drug-likeness (QED) is 0.554. The standard InChI is InChI=1S/C18H18O2S3/c1-21-13-9-10-15-14(11-13)16(19)18(22-2,23-3)17(20-15)12-7-5-4-6-8-12/h4-11,17H,1-3H3. The summed E-state index contributed by atoms with van der Waals surface area (Å²) in [6.07, 6.45) is 5.68. The molecule has 0 saturated heterocycles. The fourth-order valence-electron chi connectivity index (χ4n) is 2.83. The Labute approximate surface area is 149 Å². The van der Waals surface area contributed by atoms with Crippen molar-refractivity contribution in [2.45, 2.75) is 15.1 Å². The van der Waals surface area contributed by atoms with E-state index in [1.807, 2.05) is 67.3 Å². The molecule has 23 heavy (non-hydrogen) atoms. The molecular weight excluding hydrogens is 344 g/mol. The molecule has 0 aliphatic carbocycles. The Morgan fingerprint density at radius 1 is 1.00 bits per heavy atom. The van der Waals surface area contributed by atoms with E-state index in [1.165, 1.54) is 0 Å². The smallest absolute Gasteiger partial charge is 0.196 e. The number of Topliss-reactive ketones (excluding diaryl/α,β-unsaturated/α-hetero) is 1. The highest BCUT2D eigenvalue weighted by Gasteiger charge is 2.51. The van der Waals surface area contributed by atoms with E-state index in [0.29, 0.717) is 11.3 Å². The van der Waals surface area contributed by atoms with Crippen molar-refractivity contribution in [2.24, 2.45) is 0 Å². The fraction of sp³-hybridized carbons (Fsp3) is 0.278. The number of ether oxygens (including phenoxy) is 1. The molecule has 1 heterocycles. The minimum absolute atomic E-state index is 0.142. The van der Waals surface area contributed by atoms with Gasteiger partial charge >= 0.3 is 0 Å². The summed E-state index contributed by atoms with van der Waals surface area (Å²) in [6.45, 7) is 0. The zero-order valence-electron chi connectivity index (χ0n) is 13.2. The summed E-state index contributed by atoms with van der Waals surface area (Å²) in [5, 5.41) is 0. The normalized spacial score (nSPS) is 19.1. The lowest BCUT2D eigenvalue weighted by Crippen LogP contribution is -2.44. The fourth-order valence-corrected chi connectivity index (χ4v) is 5.32. The molecule has 120 valence electrons. The van der Waals surface area contributed by atoms with E-state index in [0.717, 1.165) is 10.5 Å². The van der Waals surface area contributed by atoms with Crippen LogP contribution in [0, 0.1) is 0 Å². The van der Waals surface area contributed by atoms with Gasteiger partial charge < -0.3 is 4.74 Å². The molecule has 0 aromatic heterocycles. The third-order valence-electron chi connectivity index (χ3n) is 4.05. The summed E-state index contributed by atoms with van der Waals surface area (Å²) < 4.78 is 5.65. The lowest BCUT2D eigenvalue weighted by Gasteiger charge is -2.41. The van der Waals surface area contributed by atoms with Crippen LogP contribution in [0.25, 0.3) is 0 Å². The number of rotatable bonds is 4. The van der Waals surface area contributed by atoms with Gasteiger partial charge in [0.05, 0.1) is 5.56 Å². The van der Waals surface area contributed by atoms with Crippen LogP contribution >= 0.6 is 35.3 Å². The molecular formula is C18H18O2S3. The molecule has 2 nitrogen and oxygen atoms in total. The van der Waals surface area contributed by atoms with Gasteiger partial charge in [-0.2, -0.15) is 0 Å². The van der Waals surface area contributed by atoms with Crippen molar-refractivity contribution in [1.29, 1.82) is 0 Å². The van der Waals surface area contributed by atoms with E-state index in [-0.39, 0.29) is 11.9 Å². The van der Waals surface area contributed by atoms with E-state index in [2.05, 4.69) is 0 Å². The van der Waals surface area contributed by atoms with E-state index >= 15 is 0 Å². The van der Waals surface area contributed by atoms with Crippen molar-refractivity contribution in [3.05, 3.63) is 59.7 Å². The number of hydrogen-bond donors (Lipinski definition) is 0. The molecule has 0 radical (unpaired) electrons. The van der Waals surface area contributed by atoms with Gasteiger partial charge in [0.25, 0.3) is 0 Å². The zero-order chi connectivity index (χ0) is 16.4. The predicted molar refractivity (Wildman–Crippen MR) is 102 cm³/mol. The van der Waals surface area contributed by atoms with Crippen molar-refractivity contribution in [3.8, 4) is 5.75 Å². The molecule has 0 fully saturated rings. The van der Waals surface area contributed by atoms with Gasteiger partial charge in [-0.1, -0.05) is 30.3 Å². The predicted octanol–water partition coefficient (Wildman–Crippen LogP) is 5.15. The minimum Gasteiger partial charge on any atom is -0.482 e. The van der Waals surface area contributed by atoms with Gasteiger partial charge in [-0.3, -0.25) is 4.79 Å². The van der Waals surface area contributed by atoms with Crippen molar-refractivity contribution < 1.29 is 9.53 Å². The first-order valence-electron chi connectivity index (χ1n) is 7.21. The van der Waals surface area contributed by atoms with Crippen LogP contribution in [-0.4, -0.2) is 28.6 Å². The molecule has 3 rings (SSSR count). The summed E-state index contributed by atoms with van der Waals surface area (Å²) in [5.41, 5.74) is 1.72. The molecule has 2 aromatic carbocycles. The second kappa shape index (κ2) is 6.83. The van der Waals surface area contributed by atoms with Gasteiger partial charge in [-0.15, -0.1) is 35.3 Å². The van der Waals surface area contributed by atoms with Gasteiger partial charge in [0, 0.05) is 4.90 Å². The van der Waals surface area contributed by atoms with E-state index in [1.54, 1.807) is 35.3 Å². The van der Waals surface area contributed by atoms with Crippen LogP contribution in [0.15, 0.2) is 53.4 Å². The van der Waals surface area contributed by atoms with Crippen molar-refractivity contribution in [1.82, 2.24) is 0 Å². The highest BCUT2D eigenvalue weighted by Crippen LogP contribution is 2.53. The SMILES string of the molecule is CSc1ccc2c(c1)C(=O)C(SC)(SC)C(c1ccccc1)O2. The number of fused-ring (bicyclic) bond motifs is 1. The average Bonchev–Trinajstić information content (AvgIpc) is 2.62. The van der Waals surface area contributed by atoms with Gasteiger partial charge in [-0.05, 0) is 42.5 Å². The summed E-state index contributed by atoms with van der Waals surface area (Å²) in [7, 11) is 0. The van der Waals surface area contributed by atoms with E-state index in [9.17, 15) is 4.79 Å². The number of thioether (sulfide) groups is 3. The third-order valence-corrected chi connectivity index (χ3v) is 7.78. The Balaban J connectivity index is 2.16. The van der Waals surface area contributed by atoms with Gasteiger partial charge in [-0.25, -0.2) is 0 Å². The van der Waals surface area contributed by atoms with Crippen LogP contribution in [0.1, 0.15) is 22.0 Å². The maximum absolute atomic E-state index is 13.3. The number of benzene rings is 2. The number of carbonyl (C=O) groups is 1. The Hall–Kier alpha value is -1.04. The first-order valence-corrected chi connectivity index (χ1v) is 10.9. The number of hydrogen-bond acceptors (Lipinski definition) is 5. The second-order valence-corrected chi connectivity index (χ2v) is 8.42. The Bertz CT molecular complexity index is 711. The Kier molecular flexibility index (Phi) is 4.99. The first-order chi connectivity index (χ1) is 11.2. The largest absolute Gasteiger partial charge is 0.482 e. The molecule has 1 unspecified atom stereocenters. The van der Waals surface area contributed by atoms with Crippen LogP contribution in [-0.2, 0) is 0 Å². The molecule has 5 heteroatoms. The molecule has 0 bridgehead atoms. The van der Waals surface area contributed by atoms with Crippen molar-refractivity contribution >= 4 is 41.1 Å². The molecule has 0 saturated carbocycles. The monoisotopic (exact) mass is 362 g/mol. The van der Waals surface area contributed by atoms with Crippen LogP contribution in [0.3, 0.4) is 0 Å². The van der Waals surface area contributed by atoms with E-state index < -0.39 is 4.08 Å². The minimum atomic E-state index is -0.661. The van der Waals surface area contributed by atoms with Crippen LogP contribution in [0.5, 0.6) is 5.75 Å². The Morgan fingerprint density at radius 3 is 2.30 bits per heavy atom. The Morgan fingerprint density at radius 2 is 1.70 bits per heavy atom. The van der Waals surface area contributed by atoms with Gasteiger partial charge in [0.15, 0.2) is 16.0 Å². The van der Waals surface area contributed by atoms with Crippen molar-refractivity contribution in [3.63, 3.8) is 0 Å².